The summed E-state index contributed by atoms with van der Waals surface area (Å²) in [4.78, 5) is 27.6. The van der Waals surface area contributed by atoms with E-state index in [1.54, 1.807) is 9.80 Å². The van der Waals surface area contributed by atoms with Gasteiger partial charge in [-0.3, -0.25) is 4.79 Å². The fourth-order valence-electron chi connectivity index (χ4n) is 2.91. The number of thiazole rings is 1. The van der Waals surface area contributed by atoms with Crippen molar-refractivity contribution in [1.29, 1.82) is 0 Å². The van der Waals surface area contributed by atoms with Crippen LogP contribution in [0.1, 0.15) is 15.5 Å². The fourth-order valence-corrected chi connectivity index (χ4v) is 3.85. The molecule has 0 unspecified atom stereocenters. The summed E-state index contributed by atoms with van der Waals surface area (Å²) in [5.41, 5.74) is -0.189. The quantitative estimate of drug-likeness (QED) is 0.670. The normalized spacial score (nSPS) is 15.4. The Morgan fingerprint density at radius 1 is 1.07 bits per heavy atom. The first kappa shape index (κ1) is 17.7. The van der Waals surface area contributed by atoms with Crippen molar-refractivity contribution in [1.82, 2.24) is 19.9 Å². The largest absolute Gasteiger partial charge is 0.433 e. The molecule has 1 aliphatic heterocycles. The Balaban J connectivity index is 1.45. The Labute approximate surface area is 156 Å². The van der Waals surface area contributed by atoms with Crippen LogP contribution < -0.4 is 4.90 Å². The number of benzene rings is 1. The number of carbonyl (C=O) groups excluding carboxylic acids is 1. The molecule has 140 valence electrons. The number of fused-ring (bicyclic) bond motifs is 1. The number of hydrogen-bond donors (Lipinski definition) is 0. The maximum absolute atomic E-state index is 12.8. The third-order valence-corrected chi connectivity index (χ3v) is 5.34. The van der Waals surface area contributed by atoms with Crippen LogP contribution in [0.4, 0.5) is 19.0 Å². The summed E-state index contributed by atoms with van der Waals surface area (Å²) in [6.07, 6.45) is -3.60. The number of para-hydroxylation sites is 1. The minimum atomic E-state index is -4.51. The molecule has 27 heavy (non-hydrogen) atoms. The first-order chi connectivity index (χ1) is 12.9. The van der Waals surface area contributed by atoms with Crippen LogP contribution in [0.15, 0.2) is 36.7 Å². The molecule has 0 bridgehead atoms. The molecule has 10 heteroatoms. The van der Waals surface area contributed by atoms with E-state index >= 15 is 0 Å². The van der Waals surface area contributed by atoms with Gasteiger partial charge in [-0.1, -0.05) is 12.1 Å². The van der Waals surface area contributed by atoms with Gasteiger partial charge in [0.2, 0.25) is 0 Å². The zero-order valence-electron chi connectivity index (χ0n) is 14.0. The van der Waals surface area contributed by atoms with E-state index in [4.69, 9.17) is 0 Å². The third-order valence-electron chi connectivity index (χ3n) is 4.31. The molecule has 2 aromatic heterocycles. The van der Waals surface area contributed by atoms with Gasteiger partial charge < -0.3 is 9.80 Å². The van der Waals surface area contributed by atoms with Crippen LogP contribution in [0.5, 0.6) is 0 Å². The summed E-state index contributed by atoms with van der Waals surface area (Å²) >= 11 is 1.34. The van der Waals surface area contributed by atoms with E-state index in [2.05, 4.69) is 15.0 Å². The summed E-state index contributed by atoms with van der Waals surface area (Å²) in [6, 6.07) is 8.46. The lowest BCUT2D eigenvalue weighted by Crippen LogP contribution is -2.49. The molecule has 1 aromatic carbocycles. The van der Waals surface area contributed by atoms with Crippen molar-refractivity contribution in [3.63, 3.8) is 0 Å². The van der Waals surface area contributed by atoms with Crippen molar-refractivity contribution in [3.05, 3.63) is 47.4 Å². The molecule has 1 saturated heterocycles. The van der Waals surface area contributed by atoms with E-state index in [1.807, 2.05) is 24.3 Å². The molecule has 1 amide bonds. The lowest BCUT2D eigenvalue weighted by molar-refractivity contribution is -0.141. The van der Waals surface area contributed by atoms with Crippen molar-refractivity contribution in [2.24, 2.45) is 0 Å². The van der Waals surface area contributed by atoms with Crippen molar-refractivity contribution >= 4 is 33.3 Å². The molecule has 3 aromatic rings. The Morgan fingerprint density at radius 3 is 2.52 bits per heavy atom. The number of amides is 1. The highest BCUT2D eigenvalue weighted by atomic mass is 32.1. The highest BCUT2D eigenvalue weighted by Crippen LogP contribution is 2.29. The van der Waals surface area contributed by atoms with Gasteiger partial charge in [-0.2, -0.15) is 13.2 Å². The molecule has 0 aliphatic carbocycles. The number of hydrogen-bond acceptors (Lipinski definition) is 6. The van der Waals surface area contributed by atoms with Crippen molar-refractivity contribution in [2.45, 2.75) is 6.18 Å². The van der Waals surface area contributed by atoms with E-state index in [0.717, 1.165) is 22.6 Å². The van der Waals surface area contributed by atoms with Gasteiger partial charge in [0.1, 0.15) is 17.8 Å². The number of halogens is 3. The smallest absolute Gasteiger partial charge is 0.353 e. The van der Waals surface area contributed by atoms with Crippen LogP contribution in [0.25, 0.3) is 10.2 Å². The molecular weight excluding hydrogens is 379 g/mol. The maximum Gasteiger partial charge on any atom is 0.433 e. The number of carbonyl (C=O) groups is 1. The van der Waals surface area contributed by atoms with Gasteiger partial charge >= 0.3 is 6.18 Å². The number of nitrogens with zero attached hydrogens (tertiary/aromatic N) is 5. The van der Waals surface area contributed by atoms with E-state index in [-0.39, 0.29) is 11.7 Å². The lowest BCUT2D eigenvalue weighted by Gasteiger charge is -2.35. The van der Waals surface area contributed by atoms with Crippen molar-refractivity contribution in [2.75, 3.05) is 31.1 Å². The van der Waals surface area contributed by atoms with Gasteiger partial charge in [0, 0.05) is 32.2 Å². The standard InChI is InChI=1S/C17H14F3N5OS/c18-17(19,20)13-9-14(22-10-21-13)24-5-7-25(8-6-24)16(26)15-23-11-3-1-2-4-12(11)27-15/h1-4,9-10H,5-8H2. The highest BCUT2D eigenvalue weighted by molar-refractivity contribution is 7.20. The SMILES string of the molecule is O=C(c1nc2ccccc2s1)N1CCN(c2cc(C(F)(F)F)ncn2)CC1. The summed E-state index contributed by atoms with van der Waals surface area (Å²) < 4.78 is 39.4. The predicted octanol–water partition coefficient (Wildman–Crippen LogP) is 3.07. The predicted molar refractivity (Wildman–Crippen MR) is 94.8 cm³/mol. The molecule has 6 nitrogen and oxygen atoms in total. The number of alkyl halides is 3. The summed E-state index contributed by atoms with van der Waals surface area (Å²) in [6.45, 7) is 1.57. The van der Waals surface area contributed by atoms with E-state index < -0.39 is 11.9 Å². The van der Waals surface area contributed by atoms with E-state index in [9.17, 15) is 18.0 Å². The molecular formula is C17H14F3N5OS. The van der Waals surface area contributed by atoms with Crippen molar-refractivity contribution in [3.8, 4) is 0 Å². The molecule has 0 spiro atoms. The lowest BCUT2D eigenvalue weighted by atomic mass is 10.3. The van der Waals surface area contributed by atoms with Crippen LogP contribution >= 0.6 is 11.3 Å². The first-order valence-corrected chi connectivity index (χ1v) is 9.02. The van der Waals surface area contributed by atoms with Gasteiger partial charge in [-0.15, -0.1) is 11.3 Å². The van der Waals surface area contributed by atoms with Gasteiger partial charge in [0.25, 0.3) is 5.91 Å². The Bertz CT molecular complexity index is 949. The number of aromatic nitrogens is 3. The second kappa shape index (κ2) is 6.76. The van der Waals surface area contributed by atoms with Crippen LogP contribution in [-0.4, -0.2) is 51.9 Å². The van der Waals surface area contributed by atoms with E-state index in [1.165, 1.54) is 11.3 Å². The van der Waals surface area contributed by atoms with Crippen LogP contribution in [0, 0.1) is 0 Å². The Hall–Kier alpha value is -2.75. The summed E-state index contributed by atoms with van der Waals surface area (Å²) in [7, 11) is 0. The van der Waals surface area contributed by atoms with Crippen LogP contribution in [0.2, 0.25) is 0 Å². The average Bonchev–Trinajstić information content (AvgIpc) is 3.11. The molecule has 0 radical (unpaired) electrons. The monoisotopic (exact) mass is 393 g/mol. The molecule has 1 fully saturated rings. The number of piperazine rings is 1. The second-order valence-electron chi connectivity index (χ2n) is 6.03. The zero-order valence-corrected chi connectivity index (χ0v) is 14.8. The first-order valence-electron chi connectivity index (χ1n) is 8.21. The molecule has 0 atom stereocenters. The zero-order chi connectivity index (χ0) is 19.0. The Kier molecular flexibility index (Phi) is 4.42. The van der Waals surface area contributed by atoms with Crippen molar-refractivity contribution < 1.29 is 18.0 Å². The minimum Gasteiger partial charge on any atom is -0.353 e. The molecule has 1 aliphatic rings. The summed E-state index contributed by atoms with van der Waals surface area (Å²) in [5, 5.41) is 0.422. The topological polar surface area (TPSA) is 62.2 Å². The van der Waals surface area contributed by atoms with Crippen LogP contribution in [0.3, 0.4) is 0 Å². The van der Waals surface area contributed by atoms with Gasteiger partial charge in [0.05, 0.1) is 10.2 Å². The number of anilines is 1. The van der Waals surface area contributed by atoms with Gasteiger partial charge in [-0.25, -0.2) is 15.0 Å². The Morgan fingerprint density at radius 2 is 1.81 bits per heavy atom. The molecule has 3 heterocycles. The van der Waals surface area contributed by atoms with Gasteiger partial charge in [-0.05, 0) is 12.1 Å². The fraction of sp³-hybridized carbons (Fsp3) is 0.294. The minimum absolute atomic E-state index is 0.158. The average molecular weight is 393 g/mol. The summed E-state index contributed by atoms with van der Waals surface area (Å²) in [5.74, 6) is 0.0546. The molecule has 0 saturated carbocycles. The third kappa shape index (κ3) is 3.57. The second-order valence-corrected chi connectivity index (χ2v) is 7.06. The molecule has 4 rings (SSSR count). The maximum atomic E-state index is 12.8. The number of rotatable bonds is 2. The van der Waals surface area contributed by atoms with E-state index in [0.29, 0.717) is 31.2 Å². The van der Waals surface area contributed by atoms with Gasteiger partial charge in [0.15, 0.2) is 5.01 Å². The molecule has 0 N–H and O–H groups in total. The highest BCUT2D eigenvalue weighted by Gasteiger charge is 2.33. The van der Waals surface area contributed by atoms with Crippen LogP contribution in [-0.2, 0) is 6.18 Å².